The lowest BCUT2D eigenvalue weighted by Crippen LogP contribution is -2.45. The molecule has 6 nitrogen and oxygen atoms in total. The first kappa shape index (κ1) is 17.1. The van der Waals surface area contributed by atoms with Gasteiger partial charge in [-0.1, -0.05) is 0 Å². The Balaban J connectivity index is 1.63. The second kappa shape index (κ2) is 7.37. The second-order valence-electron chi connectivity index (χ2n) is 6.01. The fraction of sp³-hybridized carbons (Fsp3) is 1.00. The quantitative estimate of drug-likeness (QED) is 0.624. The number of hydrogen-bond donors (Lipinski definition) is 1. The molecule has 0 aliphatic carbocycles. The second-order valence-corrected chi connectivity index (χ2v) is 8.52. The van der Waals surface area contributed by atoms with Gasteiger partial charge < -0.3 is 19.3 Å². The Morgan fingerprint density at radius 2 is 1.52 bits per heavy atom. The van der Waals surface area contributed by atoms with Gasteiger partial charge in [0.1, 0.15) is 0 Å². The van der Waals surface area contributed by atoms with Gasteiger partial charge in [-0.3, -0.25) is 0 Å². The number of ether oxygens (including phenoxy) is 3. The van der Waals surface area contributed by atoms with Gasteiger partial charge in [-0.15, -0.1) is 0 Å². The monoisotopic (exact) mass is 322 g/mol. The average Bonchev–Trinajstić information content (AvgIpc) is 2.62. The molecule has 2 bridgehead atoms. The molecule has 2 aliphatic rings. The lowest BCUT2D eigenvalue weighted by atomic mass is 9.90. The van der Waals surface area contributed by atoms with Gasteiger partial charge in [-0.05, 0) is 32.1 Å². The third kappa shape index (κ3) is 4.39. The molecule has 7 heteroatoms. The summed E-state index contributed by atoms with van der Waals surface area (Å²) in [7, 11) is -1.36. The number of fused-ring (bicyclic) bond motifs is 2. The minimum absolute atomic E-state index is 0.348. The van der Waals surface area contributed by atoms with Gasteiger partial charge in [-0.25, -0.2) is 8.42 Å². The van der Waals surface area contributed by atoms with Crippen molar-refractivity contribution in [2.75, 3.05) is 40.1 Å². The van der Waals surface area contributed by atoms with Gasteiger partial charge in [0.2, 0.25) is 0 Å². The zero-order valence-corrected chi connectivity index (χ0v) is 13.4. The number of aliphatic hydroxyl groups is 1. The number of hydrogen-bond acceptors (Lipinski definition) is 6. The van der Waals surface area contributed by atoms with Crippen LogP contribution in [0, 0.1) is 0 Å². The van der Waals surface area contributed by atoms with Crippen molar-refractivity contribution in [3.8, 4) is 0 Å². The van der Waals surface area contributed by atoms with E-state index in [1.54, 1.807) is 7.11 Å². The fourth-order valence-electron chi connectivity index (χ4n) is 3.27. The van der Waals surface area contributed by atoms with Gasteiger partial charge in [0.05, 0.1) is 42.5 Å². The smallest absolute Gasteiger partial charge is 0.156 e. The van der Waals surface area contributed by atoms with Gasteiger partial charge in [0, 0.05) is 13.7 Å². The van der Waals surface area contributed by atoms with Crippen LogP contribution in [0.15, 0.2) is 0 Å². The fourth-order valence-corrected chi connectivity index (χ4v) is 5.83. The van der Waals surface area contributed by atoms with Gasteiger partial charge in [0.15, 0.2) is 9.84 Å². The van der Waals surface area contributed by atoms with E-state index in [4.69, 9.17) is 14.2 Å². The van der Waals surface area contributed by atoms with E-state index in [0.29, 0.717) is 65.1 Å². The first-order valence-electron chi connectivity index (χ1n) is 7.57. The van der Waals surface area contributed by atoms with E-state index in [9.17, 15) is 13.5 Å². The third-order valence-corrected chi connectivity index (χ3v) is 7.13. The maximum absolute atomic E-state index is 12.0. The molecule has 21 heavy (non-hydrogen) atoms. The number of rotatable bonds is 9. The Morgan fingerprint density at radius 3 is 2.10 bits per heavy atom. The molecular weight excluding hydrogens is 296 g/mol. The van der Waals surface area contributed by atoms with E-state index >= 15 is 0 Å². The molecule has 0 aromatic carbocycles. The molecule has 0 spiro atoms. The zero-order valence-electron chi connectivity index (χ0n) is 12.6. The van der Waals surface area contributed by atoms with Crippen LogP contribution in [0.4, 0.5) is 0 Å². The van der Waals surface area contributed by atoms with Crippen molar-refractivity contribution >= 4 is 9.84 Å². The molecule has 2 unspecified atom stereocenters. The van der Waals surface area contributed by atoms with Gasteiger partial charge >= 0.3 is 0 Å². The first-order valence-corrected chi connectivity index (χ1v) is 9.18. The standard InChI is InChI=1S/C14H26O6S/c1-18-6-7-20-9-8-19-5-4-14(15)10-12-2-3-13(11-14)21(12,16)17/h12-13,15H,2-11H2,1H3. The van der Waals surface area contributed by atoms with E-state index in [1.807, 2.05) is 0 Å². The van der Waals surface area contributed by atoms with Crippen LogP contribution in [-0.2, 0) is 24.0 Å². The van der Waals surface area contributed by atoms with Crippen LogP contribution in [0.25, 0.3) is 0 Å². The zero-order chi connectivity index (χ0) is 15.3. The topological polar surface area (TPSA) is 82.1 Å². The Labute approximate surface area is 126 Å². The summed E-state index contributed by atoms with van der Waals surface area (Å²) in [6.45, 7) is 2.53. The minimum Gasteiger partial charge on any atom is -0.390 e. The van der Waals surface area contributed by atoms with Crippen molar-refractivity contribution in [1.29, 1.82) is 0 Å². The van der Waals surface area contributed by atoms with Crippen molar-refractivity contribution < 1.29 is 27.7 Å². The summed E-state index contributed by atoms with van der Waals surface area (Å²) in [6.07, 6.45) is 2.61. The predicted octanol–water partition coefficient (Wildman–Crippen LogP) is 0.527. The highest BCUT2D eigenvalue weighted by Crippen LogP contribution is 2.44. The molecule has 2 aliphatic heterocycles. The SMILES string of the molecule is COCCOCCOCCC1(O)CC2CCC(C1)S2(=O)=O. The summed E-state index contributed by atoms with van der Waals surface area (Å²) >= 11 is 0. The molecule has 0 radical (unpaired) electrons. The first-order chi connectivity index (χ1) is 9.98. The molecule has 0 aromatic heterocycles. The Morgan fingerprint density at radius 1 is 1.00 bits per heavy atom. The van der Waals surface area contributed by atoms with Crippen LogP contribution in [0.1, 0.15) is 32.1 Å². The molecule has 0 saturated carbocycles. The van der Waals surface area contributed by atoms with Crippen molar-refractivity contribution in [3.05, 3.63) is 0 Å². The van der Waals surface area contributed by atoms with Gasteiger partial charge in [-0.2, -0.15) is 0 Å². The summed E-state index contributed by atoms with van der Waals surface area (Å²) < 4.78 is 39.6. The summed E-state index contributed by atoms with van der Waals surface area (Å²) in [6, 6.07) is 0. The molecule has 1 N–H and O–H groups in total. The molecule has 2 heterocycles. The molecular formula is C14H26O6S. The Hall–Kier alpha value is -0.210. The predicted molar refractivity (Wildman–Crippen MR) is 78.0 cm³/mol. The van der Waals surface area contributed by atoms with Gasteiger partial charge in [0.25, 0.3) is 0 Å². The van der Waals surface area contributed by atoms with E-state index < -0.39 is 15.4 Å². The van der Waals surface area contributed by atoms with Crippen LogP contribution < -0.4 is 0 Å². The Bertz CT molecular complexity index is 401. The third-order valence-electron chi connectivity index (χ3n) is 4.47. The maximum atomic E-state index is 12.0. The van der Waals surface area contributed by atoms with Crippen molar-refractivity contribution in [1.82, 2.24) is 0 Å². The highest BCUT2D eigenvalue weighted by atomic mass is 32.2. The van der Waals surface area contributed by atoms with Crippen LogP contribution >= 0.6 is 0 Å². The van der Waals surface area contributed by atoms with Crippen molar-refractivity contribution in [3.63, 3.8) is 0 Å². The van der Waals surface area contributed by atoms with Crippen LogP contribution in [0.2, 0.25) is 0 Å². The van der Waals surface area contributed by atoms with E-state index in [1.165, 1.54) is 0 Å². The summed E-state index contributed by atoms with van der Waals surface area (Å²) in [4.78, 5) is 0. The maximum Gasteiger partial charge on any atom is 0.156 e. The summed E-state index contributed by atoms with van der Waals surface area (Å²) in [5.41, 5.74) is -0.881. The van der Waals surface area contributed by atoms with E-state index in [2.05, 4.69) is 0 Å². The van der Waals surface area contributed by atoms with Crippen LogP contribution in [0.5, 0.6) is 0 Å². The molecule has 124 valence electrons. The molecule has 2 rings (SSSR count). The lowest BCUT2D eigenvalue weighted by Gasteiger charge is -2.36. The molecule has 2 atom stereocenters. The van der Waals surface area contributed by atoms with E-state index in [-0.39, 0.29) is 10.5 Å². The molecule has 0 aromatic rings. The largest absolute Gasteiger partial charge is 0.390 e. The molecule has 2 saturated heterocycles. The average molecular weight is 322 g/mol. The lowest BCUT2D eigenvalue weighted by molar-refractivity contribution is -0.0258. The molecule has 2 fully saturated rings. The van der Waals surface area contributed by atoms with Crippen molar-refractivity contribution in [2.24, 2.45) is 0 Å². The number of methoxy groups -OCH3 is 1. The van der Waals surface area contributed by atoms with Crippen molar-refractivity contribution in [2.45, 2.75) is 48.2 Å². The normalized spacial score (nSPS) is 34.2. The molecule has 0 amide bonds. The van der Waals surface area contributed by atoms with Crippen LogP contribution in [-0.4, -0.2) is 69.8 Å². The highest BCUT2D eigenvalue weighted by molar-refractivity contribution is 7.93. The Kier molecular flexibility index (Phi) is 6.02. The van der Waals surface area contributed by atoms with E-state index in [0.717, 1.165) is 0 Å². The minimum atomic E-state index is -2.98. The summed E-state index contributed by atoms with van der Waals surface area (Å²) in [5.74, 6) is 0. The summed E-state index contributed by atoms with van der Waals surface area (Å²) in [5, 5.41) is 9.87. The number of sulfone groups is 1. The highest BCUT2D eigenvalue weighted by Gasteiger charge is 2.52. The van der Waals surface area contributed by atoms with Crippen LogP contribution in [0.3, 0.4) is 0 Å².